The minimum atomic E-state index is -0.0905. The lowest BCUT2D eigenvalue weighted by molar-refractivity contribution is -0.117. The molecule has 1 aromatic heterocycles. The third-order valence-corrected chi connectivity index (χ3v) is 1.85. The minimum absolute atomic E-state index is 0.0905. The zero-order valence-corrected chi connectivity index (χ0v) is 9.56. The largest absolute Gasteiger partial charge is 0.384 e. The molecule has 0 aromatic carbocycles. The highest BCUT2D eigenvalue weighted by molar-refractivity contribution is 5.90. The van der Waals surface area contributed by atoms with Crippen LogP contribution in [0.5, 0.6) is 0 Å². The van der Waals surface area contributed by atoms with E-state index in [0.29, 0.717) is 24.5 Å². The summed E-state index contributed by atoms with van der Waals surface area (Å²) in [6.07, 6.45) is 2.00. The molecule has 0 bridgehead atoms. The Morgan fingerprint density at radius 2 is 2.31 bits per heavy atom. The van der Waals surface area contributed by atoms with Gasteiger partial charge in [-0.05, 0) is 26.0 Å². The highest BCUT2D eigenvalue weighted by Crippen LogP contribution is 2.07. The zero-order valence-electron chi connectivity index (χ0n) is 9.56. The van der Waals surface area contributed by atoms with Crippen molar-refractivity contribution in [2.45, 2.75) is 26.4 Å². The third-order valence-electron chi connectivity index (χ3n) is 1.85. The summed E-state index contributed by atoms with van der Waals surface area (Å²) in [5, 5.41) is 2.71. The van der Waals surface area contributed by atoms with Gasteiger partial charge in [-0.2, -0.15) is 0 Å². The Morgan fingerprint density at radius 1 is 1.56 bits per heavy atom. The molecule has 3 N–H and O–H groups in total. The molecule has 1 amide bonds. The Morgan fingerprint density at radius 3 is 2.88 bits per heavy atom. The average Bonchev–Trinajstić information content (AvgIpc) is 2.21. The van der Waals surface area contributed by atoms with E-state index in [1.807, 2.05) is 13.8 Å². The molecule has 0 radical (unpaired) electrons. The number of carbonyl (C=O) groups is 1. The summed E-state index contributed by atoms with van der Waals surface area (Å²) in [6.45, 7) is 4.29. The van der Waals surface area contributed by atoms with Crippen molar-refractivity contribution in [1.29, 1.82) is 0 Å². The van der Waals surface area contributed by atoms with Crippen LogP contribution in [-0.4, -0.2) is 23.6 Å². The molecular formula is C11H17N3O2. The first kappa shape index (κ1) is 12.4. The fourth-order valence-electron chi connectivity index (χ4n) is 1.09. The normalized spacial score (nSPS) is 10.4. The van der Waals surface area contributed by atoms with Gasteiger partial charge >= 0.3 is 0 Å². The van der Waals surface area contributed by atoms with Crippen LogP contribution in [0.25, 0.3) is 0 Å². The van der Waals surface area contributed by atoms with Crippen molar-refractivity contribution in [3.63, 3.8) is 0 Å². The lowest BCUT2D eigenvalue weighted by atomic mass is 10.3. The third kappa shape index (κ3) is 4.75. The number of nitrogens with one attached hydrogen (secondary N) is 1. The Balaban J connectivity index is 2.31. The van der Waals surface area contributed by atoms with Crippen LogP contribution in [-0.2, 0) is 9.53 Å². The van der Waals surface area contributed by atoms with E-state index in [0.717, 1.165) is 0 Å². The molecule has 16 heavy (non-hydrogen) atoms. The number of nitrogens with zero attached hydrogens (tertiary/aromatic N) is 1. The number of carbonyl (C=O) groups excluding carboxylic acids is 1. The molecule has 88 valence electrons. The highest BCUT2D eigenvalue weighted by Gasteiger charge is 2.03. The SMILES string of the molecule is CC(C)OCCC(=O)Nc1ccc(N)nc1. The molecule has 0 aliphatic rings. The maximum atomic E-state index is 11.4. The van der Waals surface area contributed by atoms with E-state index in [9.17, 15) is 4.79 Å². The summed E-state index contributed by atoms with van der Waals surface area (Å²) < 4.78 is 5.27. The molecule has 0 aliphatic heterocycles. The lowest BCUT2D eigenvalue weighted by Crippen LogP contribution is -2.15. The number of nitrogen functional groups attached to an aromatic ring is 1. The van der Waals surface area contributed by atoms with E-state index >= 15 is 0 Å². The summed E-state index contributed by atoms with van der Waals surface area (Å²) in [6, 6.07) is 3.35. The fourth-order valence-corrected chi connectivity index (χ4v) is 1.09. The zero-order chi connectivity index (χ0) is 12.0. The summed E-state index contributed by atoms with van der Waals surface area (Å²) in [5.41, 5.74) is 6.07. The number of anilines is 2. The number of ether oxygens (including phenoxy) is 1. The molecule has 0 saturated heterocycles. The number of nitrogens with two attached hydrogens (primary N) is 1. The van der Waals surface area contributed by atoms with Crippen LogP contribution in [0.2, 0.25) is 0 Å². The monoisotopic (exact) mass is 223 g/mol. The van der Waals surface area contributed by atoms with Crippen molar-refractivity contribution in [3.05, 3.63) is 18.3 Å². The minimum Gasteiger partial charge on any atom is -0.384 e. The van der Waals surface area contributed by atoms with Crippen LogP contribution >= 0.6 is 0 Å². The first-order valence-electron chi connectivity index (χ1n) is 5.21. The van der Waals surface area contributed by atoms with Crippen molar-refractivity contribution in [2.75, 3.05) is 17.7 Å². The Labute approximate surface area is 95.0 Å². The van der Waals surface area contributed by atoms with Gasteiger partial charge in [-0.25, -0.2) is 4.98 Å². The van der Waals surface area contributed by atoms with Gasteiger partial charge in [0, 0.05) is 0 Å². The van der Waals surface area contributed by atoms with Crippen LogP contribution in [0.15, 0.2) is 18.3 Å². The number of amides is 1. The molecule has 5 heteroatoms. The van der Waals surface area contributed by atoms with E-state index in [1.54, 1.807) is 12.1 Å². The van der Waals surface area contributed by atoms with Crippen molar-refractivity contribution in [3.8, 4) is 0 Å². The van der Waals surface area contributed by atoms with Crippen molar-refractivity contribution in [1.82, 2.24) is 4.98 Å². The summed E-state index contributed by atoms with van der Waals surface area (Å²) in [7, 11) is 0. The highest BCUT2D eigenvalue weighted by atomic mass is 16.5. The smallest absolute Gasteiger partial charge is 0.226 e. The van der Waals surface area contributed by atoms with E-state index in [1.165, 1.54) is 6.20 Å². The number of rotatable bonds is 5. The fraction of sp³-hybridized carbons (Fsp3) is 0.455. The predicted molar refractivity (Wildman–Crippen MR) is 63.0 cm³/mol. The standard InChI is InChI=1S/C11H17N3O2/c1-8(2)16-6-5-11(15)14-9-3-4-10(12)13-7-9/h3-4,7-8H,5-6H2,1-2H3,(H2,12,13)(H,14,15). The van der Waals surface area contributed by atoms with Gasteiger partial charge in [-0.15, -0.1) is 0 Å². The molecule has 0 unspecified atom stereocenters. The second-order valence-corrected chi connectivity index (χ2v) is 3.69. The van der Waals surface area contributed by atoms with E-state index in [4.69, 9.17) is 10.5 Å². The summed E-state index contributed by atoms with van der Waals surface area (Å²) >= 11 is 0. The average molecular weight is 223 g/mol. The maximum absolute atomic E-state index is 11.4. The number of pyridine rings is 1. The van der Waals surface area contributed by atoms with Crippen LogP contribution in [0, 0.1) is 0 Å². The van der Waals surface area contributed by atoms with Gasteiger partial charge in [0.25, 0.3) is 0 Å². The first-order valence-corrected chi connectivity index (χ1v) is 5.21. The predicted octanol–water partition coefficient (Wildman–Crippen LogP) is 1.42. The van der Waals surface area contributed by atoms with Gasteiger partial charge in [0.1, 0.15) is 5.82 Å². The summed E-state index contributed by atoms with van der Waals surface area (Å²) in [4.78, 5) is 15.3. The van der Waals surface area contributed by atoms with E-state index < -0.39 is 0 Å². The topological polar surface area (TPSA) is 77.2 Å². The van der Waals surface area contributed by atoms with Crippen molar-refractivity contribution < 1.29 is 9.53 Å². The van der Waals surface area contributed by atoms with Crippen LogP contribution in [0.1, 0.15) is 20.3 Å². The molecule has 1 aromatic rings. The number of aromatic nitrogens is 1. The molecule has 0 atom stereocenters. The number of hydrogen-bond acceptors (Lipinski definition) is 4. The van der Waals surface area contributed by atoms with Crippen LogP contribution in [0.3, 0.4) is 0 Å². The molecule has 0 spiro atoms. The first-order chi connectivity index (χ1) is 7.58. The Bertz CT molecular complexity index is 336. The van der Waals surface area contributed by atoms with Gasteiger partial charge < -0.3 is 15.8 Å². The van der Waals surface area contributed by atoms with Gasteiger partial charge in [0.05, 0.1) is 31.0 Å². The Kier molecular flexibility index (Phi) is 4.72. The van der Waals surface area contributed by atoms with Crippen molar-refractivity contribution in [2.24, 2.45) is 0 Å². The quantitative estimate of drug-likeness (QED) is 0.791. The maximum Gasteiger partial charge on any atom is 0.226 e. The Hall–Kier alpha value is -1.62. The van der Waals surface area contributed by atoms with Gasteiger partial charge in [-0.1, -0.05) is 0 Å². The van der Waals surface area contributed by atoms with Gasteiger partial charge in [-0.3, -0.25) is 4.79 Å². The molecule has 1 heterocycles. The second-order valence-electron chi connectivity index (χ2n) is 3.69. The molecular weight excluding hydrogens is 206 g/mol. The van der Waals surface area contributed by atoms with E-state index in [-0.39, 0.29) is 12.0 Å². The molecule has 0 saturated carbocycles. The van der Waals surface area contributed by atoms with Crippen LogP contribution < -0.4 is 11.1 Å². The lowest BCUT2D eigenvalue weighted by Gasteiger charge is -2.07. The van der Waals surface area contributed by atoms with Crippen LogP contribution in [0.4, 0.5) is 11.5 Å². The van der Waals surface area contributed by atoms with Gasteiger partial charge in [0.2, 0.25) is 5.91 Å². The van der Waals surface area contributed by atoms with Gasteiger partial charge in [0.15, 0.2) is 0 Å². The van der Waals surface area contributed by atoms with E-state index in [2.05, 4.69) is 10.3 Å². The summed E-state index contributed by atoms with van der Waals surface area (Å²) in [5.74, 6) is 0.341. The number of hydrogen-bond donors (Lipinski definition) is 2. The molecule has 0 aliphatic carbocycles. The molecule has 0 fully saturated rings. The molecule has 1 rings (SSSR count). The van der Waals surface area contributed by atoms with Crippen molar-refractivity contribution >= 4 is 17.4 Å². The molecule has 5 nitrogen and oxygen atoms in total. The second kappa shape index (κ2) is 6.07.